The second kappa shape index (κ2) is 4.61. The fraction of sp³-hybridized carbons (Fsp3) is 1.00. The van der Waals surface area contributed by atoms with Gasteiger partial charge >= 0.3 is 0 Å². The summed E-state index contributed by atoms with van der Waals surface area (Å²) in [5.41, 5.74) is -1.16. The van der Waals surface area contributed by atoms with Crippen molar-refractivity contribution in [3.8, 4) is 0 Å². The van der Waals surface area contributed by atoms with Crippen molar-refractivity contribution >= 4 is 0 Å². The lowest BCUT2D eigenvalue weighted by atomic mass is 9.87. The smallest absolute Gasteiger partial charge is 0.117 e. The third-order valence-electron chi connectivity index (χ3n) is 4.01. The van der Waals surface area contributed by atoms with Gasteiger partial charge in [0.2, 0.25) is 0 Å². The van der Waals surface area contributed by atoms with Gasteiger partial charge in [-0.2, -0.15) is 0 Å². The second-order valence-electron chi connectivity index (χ2n) is 5.49. The Labute approximate surface area is 97.6 Å². The highest BCUT2D eigenvalue weighted by atomic mass is 16.6. The minimum Gasteiger partial charge on any atom is -0.396 e. The molecule has 1 unspecified atom stereocenters. The number of hydrogen-bond donors (Lipinski definition) is 2. The zero-order chi connectivity index (χ0) is 12.4. The third kappa shape index (κ3) is 2.56. The molecule has 4 heteroatoms. The van der Waals surface area contributed by atoms with E-state index in [-0.39, 0.29) is 18.8 Å². The molecule has 1 heterocycles. The first-order chi connectivity index (χ1) is 7.35. The monoisotopic (exact) mass is 232 g/mol. The molecule has 4 nitrogen and oxygen atoms in total. The van der Waals surface area contributed by atoms with Crippen LogP contribution in [0.3, 0.4) is 0 Å². The van der Waals surface area contributed by atoms with Gasteiger partial charge in [-0.15, -0.1) is 0 Å². The van der Waals surface area contributed by atoms with Gasteiger partial charge in [-0.25, -0.2) is 0 Å². The average Bonchev–Trinajstić information content (AvgIpc) is 3.01. The second-order valence-corrected chi connectivity index (χ2v) is 5.49. The molecule has 0 spiro atoms. The van der Waals surface area contributed by atoms with Crippen LogP contribution in [0.4, 0.5) is 0 Å². The van der Waals surface area contributed by atoms with E-state index in [1.807, 2.05) is 27.7 Å². The van der Waals surface area contributed by atoms with Crippen molar-refractivity contribution in [1.82, 2.24) is 0 Å². The number of aliphatic hydroxyl groups excluding tert-OH is 2. The van der Waals surface area contributed by atoms with Crippen LogP contribution in [-0.2, 0) is 9.47 Å². The van der Waals surface area contributed by atoms with Crippen LogP contribution in [0.25, 0.3) is 0 Å². The quantitative estimate of drug-likeness (QED) is 0.642. The Morgan fingerprint density at radius 2 is 1.81 bits per heavy atom. The highest BCUT2D eigenvalue weighted by Crippen LogP contribution is 2.41. The maximum atomic E-state index is 9.32. The maximum absolute atomic E-state index is 9.32. The summed E-state index contributed by atoms with van der Waals surface area (Å²) < 4.78 is 11.2. The van der Waals surface area contributed by atoms with Crippen molar-refractivity contribution < 1.29 is 19.7 Å². The number of aliphatic hydroxyl groups is 2. The van der Waals surface area contributed by atoms with Crippen LogP contribution in [0.15, 0.2) is 0 Å². The molecule has 0 aliphatic carbocycles. The van der Waals surface area contributed by atoms with Gasteiger partial charge in [-0.05, 0) is 27.2 Å². The highest BCUT2D eigenvalue weighted by Gasteiger charge is 2.54. The average molecular weight is 232 g/mol. The minimum atomic E-state index is -0.539. The van der Waals surface area contributed by atoms with Gasteiger partial charge in [0.05, 0.1) is 32.0 Å². The number of epoxide rings is 1. The van der Waals surface area contributed by atoms with E-state index in [1.165, 1.54) is 0 Å². The molecule has 1 aliphatic heterocycles. The largest absolute Gasteiger partial charge is 0.396 e. The Hall–Kier alpha value is -0.160. The molecule has 16 heavy (non-hydrogen) atoms. The van der Waals surface area contributed by atoms with E-state index in [4.69, 9.17) is 9.47 Å². The standard InChI is InChI=1S/C12H24O4/c1-5-12(6-13,7-14)9-15-10(2,3)11(4)8-16-11/h13-14H,5-9H2,1-4H3. The molecule has 0 aromatic carbocycles. The molecule has 1 fully saturated rings. The topological polar surface area (TPSA) is 62.2 Å². The van der Waals surface area contributed by atoms with Gasteiger partial charge in [-0.1, -0.05) is 6.92 Å². The molecule has 0 amide bonds. The molecule has 0 bridgehead atoms. The fourth-order valence-corrected chi connectivity index (χ4v) is 1.41. The Kier molecular flexibility index (Phi) is 4.00. The molecule has 2 N–H and O–H groups in total. The van der Waals surface area contributed by atoms with Gasteiger partial charge < -0.3 is 19.7 Å². The Bertz CT molecular complexity index is 219. The van der Waals surface area contributed by atoms with E-state index in [0.29, 0.717) is 19.6 Å². The summed E-state index contributed by atoms with van der Waals surface area (Å²) in [7, 11) is 0. The Morgan fingerprint density at radius 1 is 1.31 bits per heavy atom. The third-order valence-corrected chi connectivity index (χ3v) is 4.01. The van der Waals surface area contributed by atoms with E-state index in [9.17, 15) is 10.2 Å². The summed E-state index contributed by atoms with van der Waals surface area (Å²) in [6.45, 7) is 8.85. The predicted molar refractivity (Wildman–Crippen MR) is 61.3 cm³/mol. The molecular weight excluding hydrogens is 208 g/mol. The molecule has 0 saturated carbocycles. The first-order valence-corrected chi connectivity index (χ1v) is 5.84. The molecule has 0 aromatic heterocycles. The number of ether oxygens (including phenoxy) is 2. The van der Waals surface area contributed by atoms with Crippen molar-refractivity contribution in [3.05, 3.63) is 0 Å². The lowest BCUT2D eigenvalue weighted by Gasteiger charge is -2.35. The summed E-state index contributed by atoms with van der Waals surface area (Å²) in [6.07, 6.45) is 0.688. The molecule has 1 atom stereocenters. The van der Waals surface area contributed by atoms with Crippen LogP contribution in [0.5, 0.6) is 0 Å². The van der Waals surface area contributed by atoms with Crippen molar-refractivity contribution in [2.45, 2.75) is 45.3 Å². The summed E-state index contributed by atoms with van der Waals surface area (Å²) in [4.78, 5) is 0. The van der Waals surface area contributed by atoms with Crippen LogP contribution in [0.1, 0.15) is 34.1 Å². The van der Waals surface area contributed by atoms with Crippen molar-refractivity contribution in [3.63, 3.8) is 0 Å². The normalized spacial score (nSPS) is 25.9. The van der Waals surface area contributed by atoms with Crippen molar-refractivity contribution in [1.29, 1.82) is 0 Å². The number of hydrogen-bond acceptors (Lipinski definition) is 4. The predicted octanol–water partition coefficient (Wildman–Crippen LogP) is 0.952. The molecule has 0 radical (unpaired) electrons. The van der Waals surface area contributed by atoms with Crippen molar-refractivity contribution in [2.75, 3.05) is 26.4 Å². The summed E-state index contributed by atoms with van der Waals surface area (Å²) in [6, 6.07) is 0. The van der Waals surface area contributed by atoms with Crippen molar-refractivity contribution in [2.24, 2.45) is 5.41 Å². The van der Waals surface area contributed by atoms with E-state index in [1.54, 1.807) is 0 Å². The summed E-state index contributed by atoms with van der Waals surface area (Å²) >= 11 is 0. The van der Waals surface area contributed by atoms with E-state index in [2.05, 4.69) is 0 Å². The van der Waals surface area contributed by atoms with E-state index in [0.717, 1.165) is 0 Å². The first-order valence-electron chi connectivity index (χ1n) is 5.84. The zero-order valence-electron chi connectivity index (χ0n) is 10.7. The SMILES string of the molecule is CCC(CO)(CO)COC(C)(C)C1(C)CO1. The summed E-state index contributed by atoms with van der Waals surface area (Å²) in [5.74, 6) is 0. The molecule has 1 rings (SSSR count). The zero-order valence-corrected chi connectivity index (χ0v) is 10.7. The van der Waals surface area contributed by atoms with Gasteiger partial charge in [0.1, 0.15) is 5.60 Å². The van der Waals surface area contributed by atoms with E-state index >= 15 is 0 Å². The molecule has 1 saturated heterocycles. The molecular formula is C12H24O4. The fourth-order valence-electron chi connectivity index (χ4n) is 1.41. The number of rotatable bonds is 7. The molecule has 96 valence electrons. The van der Waals surface area contributed by atoms with Gasteiger partial charge in [0.15, 0.2) is 0 Å². The van der Waals surface area contributed by atoms with Crippen LogP contribution >= 0.6 is 0 Å². The van der Waals surface area contributed by atoms with Crippen LogP contribution < -0.4 is 0 Å². The van der Waals surface area contributed by atoms with E-state index < -0.39 is 11.0 Å². The molecule has 0 aromatic rings. The van der Waals surface area contributed by atoms with Gasteiger partial charge in [0.25, 0.3) is 0 Å². The van der Waals surface area contributed by atoms with Crippen LogP contribution in [0, 0.1) is 5.41 Å². The summed E-state index contributed by atoms with van der Waals surface area (Å²) in [5, 5.41) is 18.6. The van der Waals surface area contributed by atoms with Gasteiger partial charge in [-0.3, -0.25) is 0 Å². The lowest BCUT2D eigenvalue weighted by Crippen LogP contribution is -2.45. The highest BCUT2D eigenvalue weighted by molar-refractivity contribution is 5.02. The Morgan fingerprint density at radius 3 is 2.12 bits per heavy atom. The maximum Gasteiger partial charge on any atom is 0.117 e. The van der Waals surface area contributed by atoms with Crippen LogP contribution in [0.2, 0.25) is 0 Å². The molecule has 1 aliphatic rings. The van der Waals surface area contributed by atoms with Crippen LogP contribution in [-0.4, -0.2) is 47.8 Å². The lowest BCUT2D eigenvalue weighted by molar-refractivity contribution is -0.121. The minimum absolute atomic E-state index is 0.0619. The van der Waals surface area contributed by atoms with Gasteiger partial charge in [0, 0.05) is 5.41 Å². The Balaban J connectivity index is 2.55. The first kappa shape index (κ1) is 13.9.